The van der Waals surface area contributed by atoms with Crippen LogP contribution in [-0.2, 0) is 11.2 Å². The molecule has 27 heavy (non-hydrogen) atoms. The Morgan fingerprint density at radius 3 is 2.56 bits per heavy atom. The van der Waals surface area contributed by atoms with Crippen molar-refractivity contribution < 1.29 is 23.4 Å². The van der Waals surface area contributed by atoms with Crippen LogP contribution in [0.3, 0.4) is 0 Å². The van der Waals surface area contributed by atoms with Crippen molar-refractivity contribution in [2.24, 2.45) is 0 Å². The molecule has 0 aromatic heterocycles. The number of carbonyl (C=O) groups is 1. The number of benzene rings is 2. The highest BCUT2D eigenvalue weighted by molar-refractivity contribution is 6.31. The second-order valence-electron chi connectivity index (χ2n) is 6.54. The molecular formula is C20H22ClF2NO3. The van der Waals surface area contributed by atoms with Gasteiger partial charge in [-0.25, -0.2) is 8.78 Å². The summed E-state index contributed by atoms with van der Waals surface area (Å²) in [5.74, 6) is -2.04. The number of phenolic OH excluding ortho intramolecular Hbond substituents is 1. The van der Waals surface area contributed by atoms with E-state index in [4.69, 9.17) is 16.3 Å². The average molecular weight is 398 g/mol. The quantitative estimate of drug-likeness (QED) is 0.756. The second-order valence-corrected chi connectivity index (χ2v) is 6.95. The smallest absolute Gasteiger partial charge is 0.257 e. The van der Waals surface area contributed by atoms with Gasteiger partial charge >= 0.3 is 0 Å². The number of carbonyl (C=O) groups excluding carboxylic acids is 1. The number of amides is 1. The maximum absolute atomic E-state index is 14.8. The molecule has 0 fully saturated rings. The minimum atomic E-state index is -0.651. The summed E-state index contributed by atoms with van der Waals surface area (Å²) in [6.07, 6.45) is 0.0587. The van der Waals surface area contributed by atoms with Crippen molar-refractivity contribution in [2.45, 2.75) is 33.1 Å². The van der Waals surface area contributed by atoms with Gasteiger partial charge in [-0.05, 0) is 35.6 Å². The van der Waals surface area contributed by atoms with Crippen LogP contribution in [0, 0.1) is 18.6 Å². The van der Waals surface area contributed by atoms with Gasteiger partial charge in [0, 0.05) is 30.1 Å². The van der Waals surface area contributed by atoms with Crippen molar-refractivity contribution in [3.8, 4) is 11.5 Å². The molecular weight excluding hydrogens is 376 g/mol. The van der Waals surface area contributed by atoms with Gasteiger partial charge in [-0.2, -0.15) is 0 Å². The Bertz CT molecular complexity index is 869. The molecule has 2 N–H and O–H groups in total. The predicted molar refractivity (Wildman–Crippen MR) is 101 cm³/mol. The van der Waals surface area contributed by atoms with Crippen LogP contribution in [0.15, 0.2) is 18.2 Å². The fourth-order valence-electron chi connectivity index (χ4n) is 2.80. The van der Waals surface area contributed by atoms with Crippen LogP contribution in [0.5, 0.6) is 11.5 Å². The number of nitrogens with one attached hydrogen (secondary N) is 1. The summed E-state index contributed by atoms with van der Waals surface area (Å²) in [7, 11) is 1.45. The number of hydrogen-bond donors (Lipinski definition) is 2. The number of phenols is 1. The van der Waals surface area contributed by atoms with E-state index in [1.165, 1.54) is 32.2 Å². The number of aromatic hydroxyl groups is 1. The van der Waals surface area contributed by atoms with Crippen LogP contribution in [0.4, 0.5) is 8.78 Å². The standard InChI is InChI=1S/C20H22ClF2NO3/c1-10(2)18-15(25)6-5-12(20(18)23)7-13-11(3)19(22)16(8-14(13)21)27-9-17(26)24-4/h5-6,8,10,25H,7,9H2,1-4H3,(H,24,26). The lowest BCUT2D eigenvalue weighted by Crippen LogP contribution is -2.25. The molecule has 1 amide bonds. The minimum absolute atomic E-state index is 0.0587. The summed E-state index contributed by atoms with van der Waals surface area (Å²) in [5, 5.41) is 12.5. The number of halogens is 3. The molecule has 0 aliphatic carbocycles. The first kappa shape index (κ1) is 21.0. The monoisotopic (exact) mass is 397 g/mol. The number of likely N-dealkylation sites (N-methyl/N-ethyl adjacent to an activating group) is 1. The normalized spacial score (nSPS) is 11.0. The van der Waals surface area contributed by atoms with Crippen molar-refractivity contribution in [2.75, 3.05) is 13.7 Å². The summed E-state index contributed by atoms with van der Waals surface area (Å²) >= 11 is 6.27. The molecule has 146 valence electrons. The van der Waals surface area contributed by atoms with Crippen LogP contribution in [0.2, 0.25) is 5.02 Å². The summed E-state index contributed by atoms with van der Waals surface area (Å²) in [4.78, 5) is 11.3. The number of ether oxygens (including phenoxy) is 1. The molecule has 0 aliphatic rings. The molecule has 0 saturated carbocycles. The van der Waals surface area contributed by atoms with Crippen molar-refractivity contribution in [3.05, 3.63) is 57.1 Å². The highest BCUT2D eigenvalue weighted by atomic mass is 35.5. The zero-order valence-corrected chi connectivity index (χ0v) is 16.4. The van der Waals surface area contributed by atoms with Gasteiger partial charge < -0.3 is 15.2 Å². The highest BCUT2D eigenvalue weighted by Gasteiger charge is 2.20. The average Bonchev–Trinajstić information content (AvgIpc) is 2.61. The van der Waals surface area contributed by atoms with E-state index in [0.717, 1.165) is 0 Å². The van der Waals surface area contributed by atoms with Crippen molar-refractivity contribution in [1.29, 1.82) is 0 Å². The van der Waals surface area contributed by atoms with Gasteiger partial charge in [0.15, 0.2) is 18.2 Å². The van der Waals surface area contributed by atoms with Gasteiger partial charge in [-0.15, -0.1) is 0 Å². The molecule has 0 spiro atoms. The van der Waals surface area contributed by atoms with E-state index in [1.54, 1.807) is 13.8 Å². The van der Waals surface area contributed by atoms with Gasteiger partial charge in [-0.3, -0.25) is 4.79 Å². The Labute approximate surface area is 162 Å². The number of rotatable bonds is 6. The Balaban J connectivity index is 2.39. The molecule has 0 unspecified atom stereocenters. The van der Waals surface area contributed by atoms with Crippen LogP contribution in [-0.4, -0.2) is 24.7 Å². The van der Waals surface area contributed by atoms with E-state index in [2.05, 4.69) is 5.32 Å². The van der Waals surface area contributed by atoms with Crippen LogP contribution in [0.1, 0.15) is 42.0 Å². The van der Waals surface area contributed by atoms with Crippen molar-refractivity contribution >= 4 is 17.5 Å². The minimum Gasteiger partial charge on any atom is -0.508 e. The fraction of sp³-hybridized carbons (Fsp3) is 0.350. The molecule has 0 radical (unpaired) electrons. The van der Waals surface area contributed by atoms with Gasteiger partial charge in [0.2, 0.25) is 0 Å². The summed E-state index contributed by atoms with van der Waals surface area (Å²) in [5.41, 5.74) is 1.15. The predicted octanol–water partition coefficient (Wildman–Crippen LogP) is 4.47. The summed E-state index contributed by atoms with van der Waals surface area (Å²) < 4.78 is 34.6. The van der Waals surface area contributed by atoms with Crippen LogP contribution >= 0.6 is 11.6 Å². The molecule has 4 nitrogen and oxygen atoms in total. The Morgan fingerprint density at radius 1 is 1.30 bits per heavy atom. The van der Waals surface area contributed by atoms with E-state index in [1.807, 2.05) is 0 Å². The van der Waals surface area contributed by atoms with E-state index < -0.39 is 17.5 Å². The number of hydrogen-bond acceptors (Lipinski definition) is 3. The van der Waals surface area contributed by atoms with E-state index in [-0.39, 0.29) is 46.6 Å². The third kappa shape index (κ3) is 4.50. The van der Waals surface area contributed by atoms with Gasteiger partial charge in [0.25, 0.3) is 5.91 Å². The molecule has 2 rings (SSSR count). The lowest BCUT2D eigenvalue weighted by molar-refractivity contribution is -0.122. The Hall–Kier alpha value is -2.34. The third-order valence-electron chi connectivity index (χ3n) is 4.36. The van der Waals surface area contributed by atoms with Crippen molar-refractivity contribution in [1.82, 2.24) is 5.32 Å². The topological polar surface area (TPSA) is 58.6 Å². The van der Waals surface area contributed by atoms with Gasteiger partial charge in [0.1, 0.15) is 11.6 Å². The van der Waals surface area contributed by atoms with Gasteiger partial charge in [-0.1, -0.05) is 31.5 Å². The second kappa shape index (κ2) is 8.57. The molecule has 0 saturated heterocycles. The van der Waals surface area contributed by atoms with E-state index in [0.29, 0.717) is 11.1 Å². The van der Waals surface area contributed by atoms with E-state index in [9.17, 15) is 18.7 Å². The zero-order valence-electron chi connectivity index (χ0n) is 15.6. The first-order valence-electron chi connectivity index (χ1n) is 8.48. The molecule has 2 aromatic carbocycles. The maximum atomic E-state index is 14.8. The SMILES string of the molecule is CNC(=O)COc1cc(Cl)c(Cc2ccc(O)c(C(C)C)c2F)c(C)c1F. The largest absolute Gasteiger partial charge is 0.508 e. The maximum Gasteiger partial charge on any atom is 0.257 e. The first-order valence-corrected chi connectivity index (χ1v) is 8.86. The first-order chi connectivity index (χ1) is 12.7. The lowest BCUT2D eigenvalue weighted by Gasteiger charge is -2.16. The summed E-state index contributed by atoms with van der Waals surface area (Å²) in [6, 6.07) is 4.16. The molecule has 0 atom stereocenters. The molecule has 2 aromatic rings. The summed E-state index contributed by atoms with van der Waals surface area (Å²) in [6.45, 7) is 4.73. The highest BCUT2D eigenvalue weighted by Crippen LogP contribution is 2.35. The Kier molecular flexibility index (Phi) is 6.65. The molecule has 0 aliphatic heterocycles. The third-order valence-corrected chi connectivity index (χ3v) is 4.70. The lowest BCUT2D eigenvalue weighted by atomic mass is 9.94. The zero-order chi connectivity index (χ0) is 20.3. The van der Waals surface area contributed by atoms with Crippen LogP contribution < -0.4 is 10.1 Å². The molecule has 0 bridgehead atoms. The van der Waals surface area contributed by atoms with Crippen molar-refractivity contribution in [3.63, 3.8) is 0 Å². The van der Waals surface area contributed by atoms with Crippen LogP contribution in [0.25, 0.3) is 0 Å². The fourth-order valence-corrected chi connectivity index (χ4v) is 3.11. The molecule has 7 heteroatoms. The molecule has 0 heterocycles. The Morgan fingerprint density at radius 2 is 1.96 bits per heavy atom. The van der Waals surface area contributed by atoms with E-state index >= 15 is 0 Å². The van der Waals surface area contributed by atoms with Gasteiger partial charge in [0.05, 0.1) is 0 Å².